The van der Waals surface area contributed by atoms with Gasteiger partial charge in [0.25, 0.3) is 0 Å². The highest BCUT2D eigenvalue weighted by Gasteiger charge is 2.06. The monoisotopic (exact) mass is 266 g/mol. The lowest BCUT2D eigenvalue weighted by atomic mass is 10.1. The maximum absolute atomic E-state index is 12.9. The Morgan fingerprint density at radius 2 is 2.00 bits per heavy atom. The average Bonchev–Trinajstić information content (AvgIpc) is 2.36. The zero-order valence-electron chi connectivity index (χ0n) is 11.3. The molecule has 1 N–H and O–H groups in total. The van der Waals surface area contributed by atoms with Crippen molar-refractivity contribution in [3.05, 3.63) is 35.6 Å². The van der Waals surface area contributed by atoms with Gasteiger partial charge in [-0.15, -0.1) is 0 Å². The average molecular weight is 266 g/mol. The molecule has 1 aromatic rings. The lowest BCUT2D eigenvalue weighted by Crippen LogP contribution is -2.30. The van der Waals surface area contributed by atoms with Gasteiger partial charge in [0.15, 0.2) is 0 Å². The highest BCUT2D eigenvalue weighted by Crippen LogP contribution is 2.05. The molecule has 0 atom stereocenters. The number of carbonyl (C=O) groups excluding carboxylic acids is 2. The fourth-order valence-corrected chi connectivity index (χ4v) is 1.57. The normalized spacial score (nSPS) is 10.1. The fraction of sp³-hybridized carbons (Fsp3) is 0.429. The zero-order chi connectivity index (χ0) is 14.3. The largest absolute Gasteiger partial charge is 0.356 e. The van der Waals surface area contributed by atoms with Crippen LogP contribution in [0, 0.1) is 5.82 Å². The van der Waals surface area contributed by atoms with Crippen LogP contribution in [0.15, 0.2) is 24.3 Å². The van der Waals surface area contributed by atoms with Gasteiger partial charge >= 0.3 is 0 Å². The Balaban J connectivity index is 2.23. The van der Waals surface area contributed by atoms with Crippen LogP contribution >= 0.6 is 0 Å². The van der Waals surface area contributed by atoms with Crippen molar-refractivity contribution in [2.45, 2.75) is 19.3 Å². The number of aryl methyl sites for hydroxylation is 1. The topological polar surface area (TPSA) is 49.4 Å². The van der Waals surface area contributed by atoms with Gasteiger partial charge in [-0.05, 0) is 24.1 Å². The standard InChI is InChI=1S/C14H19FN2O2/c1-17(2)14(19)8-9-16-13(18)7-6-11-4-3-5-12(15)10-11/h3-5,10H,6-9H2,1-2H3,(H,16,18). The lowest BCUT2D eigenvalue weighted by Gasteiger charge is -2.10. The van der Waals surface area contributed by atoms with Gasteiger partial charge in [-0.1, -0.05) is 12.1 Å². The molecule has 2 amide bonds. The number of benzene rings is 1. The first-order valence-corrected chi connectivity index (χ1v) is 6.20. The molecular weight excluding hydrogens is 247 g/mol. The van der Waals surface area contributed by atoms with Gasteiger partial charge in [0.1, 0.15) is 5.82 Å². The second-order valence-electron chi connectivity index (χ2n) is 4.52. The number of carbonyl (C=O) groups is 2. The van der Waals surface area contributed by atoms with Crippen LogP contribution in [-0.4, -0.2) is 37.4 Å². The van der Waals surface area contributed by atoms with Crippen molar-refractivity contribution >= 4 is 11.8 Å². The minimum atomic E-state index is -0.297. The number of amides is 2. The lowest BCUT2D eigenvalue weighted by molar-refractivity contribution is -0.128. The summed E-state index contributed by atoms with van der Waals surface area (Å²) in [6, 6.07) is 6.20. The van der Waals surface area contributed by atoms with Gasteiger partial charge in [0, 0.05) is 33.5 Å². The van der Waals surface area contributed by atoms with Gasteiger partial charge in [0.05, 0.1) is 0 Å². The summed E-state index contributed by atoms with van der Waals surface area (Å²) in [5.74, 6) is -0.448. The minimum Gasteiger partial charge on any atom is -0.356 e. The summed E-state index contributed by atoms with van der Waals surface area (Å²) in [4.78, 5) is 24.3. The van der Waals surface area contributed by atoms with Crippen molar-refractivity contribution < 1.29 is 14.0 Å². The Labute approximate surface area is 112 Å². The molecule has 0 aliphatic rings. The summed E-state index contributed by atoms with van der Waals surface area (Å²) in [5, 5.41) is 2.67. The molecule has 104 valence electrons. The molecule has 0 aliphatic heterocycles. The predicted octanol–water partition coefficient (Wildman–Crippen LogP) is 1.35. The molecule has 1 rings (SSSR count). The first-order valence-electron chi connectivity index (χ1n) is 6.20. The van der Waals surface area contributed by atoms with Crippen molar-refractivity contribution in [2.24, 2.45) is 0 Å². The van der Waals surface area contributed by atoms with Crippen LogP contribution in [0.25, 0.3) is 0 Å². The first kappa shape index (κ1) is 15.1. The Hall–Kier alpha value is -1.91. The summed E-state index contributed by atoms with van der Waals surface area (Å²) >= 11 is 0. The van der Waals surface area contributed by atoms with Crippen LogP contribution < -0.4 is 5.32 Å². The summed E-state index contributed by atoms with van der Waals surface area (Å²) in [6.07, 6.45) is 1.07. The molecule has 0 spiro atoms. The number of hydrogen-bond donors (Lipinski definition) is 1. The van der Waals surface area contributed by atoms with Crippen molar-refractivity contribution in [1.29, 1.82) is 0 Å². The van der Waals surface area contributed by atoms with E-state index >= 15 is 0 Å². The van der Waals surface area contributed by atoms with Crippen LogP contribution in [0.2, 0.25) is 0 Å². The quantitative estimate of drug-likeness (QED) is 0.845. The van der Waals surface area contributed by atoms with E-state index in [1.807, 2.05) is 0 Å². The molecule has 19 heavy (non-hydrogen) atoms. The van der Waals surface area contributed by atoms with Gasteiger partial charge in [0.2, 0.25) is 11.8 Å². The maximum atomic E-state index is 12.9. The second-order valence-corrected chi connectivity index (χ2v) is 4.52. The summed E-state index contributed by atoms with van der Waals surface area (Å²) in [6.45, 7) is 0.332. The van der Waals surface area contributed by atoms with Gasteiger partial charge < -0.3 is 10.2 Å². The zero-order valence-corrected chi connectivity index (χ0v) is 11.3. The van der Waals surface area contributed by atoms with E-state index in [2.05, 4.69) is 5.32 Å². The van der Waals surface area contributed by atoms with Crippen LogP contribution in [0.1, 0.15) is 18.4 Å². The van der Waals surface area contributed by atoms with Crippen LogP contribution in [-0.2, 0) is 16.0 Å². The third kappa shape index (κ3) is 5.99. The number of halogens is 1. The second kappa shape index (κ2) is 7.51. The van der Waals surface area contributed by atoms with Crippen molar-refractivity contribution in [1.82, 2.24) is 10.2 Å². The van der Waals surface area contributed by atoms with Crippen molar-refractivity contribution in [3.63, 3.8) is 0 Å². The van der Waals surface area contributed by atoms with E-state index in [1.54, 1.807) is 26.2 Å². The maximum Gasteiger partial charge on any atom is 0.223 e. The van der Waals surface area contributed by atoms with E-state index in [1.165, 1.54) is 17.0 Å². The summed E-state index contributed by atoms with van der Waals surface area (Å²) in [5.41, 5.74) is 0.791. The van der Waals surface area contributed by atoms with Gasteiger partial charge in [-0.3, -0.25) is 9.59 Å². The van der Waals surface area contributed by atoms with E-state index in [0.717, 1.165) is 5.56 Å². The smallest absolute Gasteiger partial charge is 0.223 e. The Bertz CT molecular complexity index is 447. The van der Waals surface area contributed by atoms with E-state index in [0.29, 0.717) is 25.8 Å². The first-order chi connectivity index (χ1) is 8.99. The molecule has 0 bridgehead atoms. The van der Waals surface area contributed by atoms with Gasteiger partial charge in [-0.25, -0.2) is 4.39 Å². The van der Waals surface area contributed by atoms with Crippen molar-refractivity contribution in [3.8, 4) is 0 Å². The van der Waals surface area contributed by atoms with E-state index in [-0.39, 0.29) is 17.6 Å². The molecule has 4 nitrogen and oxygen atoms in total. The molecule has 1 aromatic carbocycles. The Morgan fingerprint density at radius 3 is 2.63 bits per heavy atom. The molecule has 0 aliphatic carbocycles. The number of rotatable bonds is 6. The highest BCUT2D eigenvalue weighted by molar-refractivity contribution is 5.78. The Morgan fingerprint density at radius 1 is 1.26 bits per heavy atom. The van der Waals surface area contributed by atoms with Crippen molar-refractivity contribution in [2.75, 3.05) is 20.6 Å². The van der Waals surface area contributed by atoms with Crippen LogP contribution in [0.4, 0.5) is 4.39 Å². The van der Waals surface area contributed by atoms with E-state index in [9.17, 15) is 14.0 Å². The molecule has 0 saturated carbocycles. The Kier molecular flexibility index (Phi) is 5.99. The number of nitrogens with zero attached hydrogens (tertiary/aromatic N) is 1. The van der Waals surface area contributed by atoms with Crippen LogP contribution in [0.3, 0.4) is 0 Å². The molecule has 0 aromatic heterocycles. The molecular formula is C14H19FN2O2. The summed E-state index contributed by atoms with van der Waals surface area (Å²) in [7, 11) is 3.35. The molecule has 0 unspecified atom stereocenters. The third-order valence-corrected chi connectivity index (χ3v) is 2.69. The molecule has 0 saturated heterocycles. The molecule has 0 radical (unpaired) electrons. The minimum absolute atomic E-state index is 0.0227. The third-order valence-electron chi connectivity index (χ3n) is 2.69. The SMILES string of the molecule is CN(C)C(=O)CCNC(=O)CCc1cccc(F)c1. The van der Waals surface area contributed by atoms with Crippen LogP contribution in [0.5, 0.6) is 0 Å². The van der Waals surface area contributed by atoms with Gasteiger partial charge in [-0.2, -0.15) is 0 Å². The molecule has 0 fully saturated rings. The van der Waals surface area contributed by atoms with E-state index < -0.39 is 0 Å². The molecule has 0 heterocycles. The molecule has 5 heteroatoms. The van der Waals surface area contributed by atoms with E-state index in [4.69, 9.17) is 0 Å². The highest BCUT2D eigenvalue weighted by atomic mass is 19.1. The summed E-state index contributed by atoms with van der Waals surface area (Å²) < 4.78 is 12.9. The fourth-order valence-electron chi connectivity index (χ4n) is 1.57. The predicted molar refractivity (Wildman–Crippen MR) is 71.0 cm³/mol. The number of hydrogen-bond acceptors (Lipinski definition) is 2. The number of nitrogens with one attached hydrogen (secondary N) is 1.